The van der Waals surface area contributed by atoms with E-state index in [2.05, 4.69) is 10.0 Å². The molecule has 0 aromatic heterocycles. The first-order valence-corrected chi connectivity index (χ1v) is 8.81. The lowest BCUT2D eigenvalue weighted by Gasteiger charge is -2.36. The van der Waals surface area contributed by atoms with E-state index in [1.54, 1.807) is 0 Å². The minimum absolute atomic E-state index is 0.0609. The second-order valence-corrected chi connectivity index (χ2v) is 7.34. The average Bonchev–Trinajstić information content (AvgIpc) is 2.37. The van der Waals surface area contributed by atoms with E-state index in [9.17, 15) is 13.2 Å². The molecule has 2 N–H and O–H groups in total. The molecule has 2 unspecified atom stereocenters. The molecule has 0 spiro atoms. The number of hydrogen-bond donors (Lipinski definition) is 2. The van der Waals surface area contributed by atoms with Crippen molar-refractivity contribution < 1.29 is 13.2 Å². The maximum atomic E-state index is 12.4. The summed E-state index contributed by atoms with van der Waals surface area (Å²) in [5.74, 6) is 0.234. The molecule has 0 aliphatic carbocycles. The van der Waals surface area contributed by atoms with E-state index in [4.69, 9.17) is 0 Å². The van der Waals surface area contributed by atoms with Gasteiger partial charge in [-0.3, -0.25) is 4.79 Å². The molecular weight excluding hydrogens is 266 g/mol. The lowest BCUT2D eigenvalue weighted by molar-refractivity contribution is -0.137. The van der Waals surface area contributed by atoms with Gasteiger partial charge in [0.15, 0.2) is 0 Å². The number of rotatable bonds is 3. The number of likely N-dealkylation sites (tertiary alicyclic amines) is 1. The predicted molar refractivity (Wildman–Crippen MR) is 73.2 cm³/mol. The van der Waals surface area contributed by atoms with Gasteiger partial charge in [0.25, 0.3) is 0 Å². The predicted octanol–water partition coefficient (Wildman–Crippen LogP) is -0.474. The van der Waals surface area contributed by atoms with Gasteiger partial charge in [-0.15, -0.1) is 0 Å². The van der Waals surface area contributed by atoms with Crippen LogP contribution in [0.3, 0.4) is 0 Å². The first kappa shape index (κ1) is 14.7. The topological polar surface area (TPSA) is 78.5 Å². The molecule has 7 heteroatoms. The average molecular weight is 289 g/mol. The van der Waals surface area contributed by atoms with Crippen LogP contribution in [-0.4, -0.2) is 57.7 Å². The van der Waals surface area contributed by atoms with Gasteiger partial charge in [0.2, 0.25) is 15.9 Å². The summed E-state index contributed by atoms with van der Waals surface area (Å²) in [6.45, 7) is 2.99. The Labute approximate surface area is 115 Å². The zero-order valence-corrected chi connectivity index (χ0v) is 12.2. The van der Waals surface area contributed by atoms with Crippen LogP contribution in [0.5, 0.6) is 0 Å². The van der Waals surface area contributed by atoms with Gasteiger partial charge in [-0.25, -0.2) is 13.1 Å². The fourth-order valence-electron chi connectivity index (χ4n) is 2.90. The van der Waals surface area contributed by atoms with Crippen LogP contribution in [0.1, 0.15) is 25.7 Å². The minimum atomic E-state index is -3.20. The number of sulfonamides is 1. The number of nitrogens with zero attached hydrogens (tertiary/aromatic N) is 1. The third-order valence-corrected chi connectivity index (χ3v) is 4.52. The molecule has 2 fully saturated rings. The van der Waals surface area contributed by atoms with Crippen molar-refractivity contribution in [2.24, 2.45) is 5.92 Å². The molecule has 6 nitrogen and oxygen atoms in total. The van der Waals surface area contributed by atoms with E-state index in [0.29, 0.717) is 6.54 Å². The van der Waals surface area contributed by atoms with E-state index in [1.165, 1.54) is 6.26 Å². The normalized spacial score (nSPS) is 29.2. The maximum Gasteiger partial charge on any atom is 0.227 e. The summed E-state index contributed by atoms with van der Waals surface area (Å²) < 4.78 is 25.1. The fourth-order valence-corrected chi connectivity index (χ4v) is 3.69. The lowest BCUT2D eigenvalue weighted by atomic mass is 9.96. The Balaban J connectivity index is 1.91. The lowest BCUT2D eigenvalue weighted by Crippen LogP contribution is -2.52. The zero-order chi connectivity index (χ0) is 13.9. The highest BCUT2D eigenvalue weighted by Crippen LogP contribution is 2.18. The van der Waals surface area contributed by atoms with Gasteiger partial charge in [-0.2, -0.15) is 0 Å². The van der Waals surface area contributed by atoms with Crippen LogP contribution in [0.2, 0.25) is 0 Å². The molecule has 1 amide bonds. The Bertz CT molecular complexity index is 418. The Morgan fingerprint density at radius 1 is 1.32 bits per heavy atom. The van der Waals surface area contributed by atoms with Crippen molar-refractivity contribution in [2.75, 3.05) is 32.4 Å². The van der Waals surface area contributed by atoms with E-state index in [-0.39, 0.29) is 17.9 Å². The van der Waals surface area contributed by atoms with Crippen molar-refractivity contribution in [3.8, 4) is 0 Å². The molecule has 0 saturated carbocycles. The van der Waals surface area contributed by atoms with Gasteiger partial charge in [0.1, 0.15) is 0 Å². The summed E-state index contributed by atoms with van der Waals surface area (Å²) in [7, 11) is -3.20. The first-order valence-electron chi connectivity index (χ1n) is 6.92. The van der Waals surface area contributed by atoms with Crippen LogP contribution in [0, 0.1) is 5.92 Å². The summed E-state index contributed by atoms with van der Waals surface area (Å²) in [6, 6.07) is -0.135. The number of carbonyl (C=O) groups excluding carboxylic acids is 1. The van der Waals surface area contributed by atoms with Gasteiger partial charge in [0.05, 0.1) is 12.2 Å². The Morgan fingerprint density at radius 2 is 2.11 bits per heavy atom. The molecule has 2 saturated heterocycles. The van der Waals surface area contributed by atoms with Crippen molar-refractivity contribution in [3.63, 3.8) is 0 Å². The summed E-state index contributed by atoms with van der Waals surface area (Å²) in [5, 5.41) is 3.25. The fraction of sp³-hybridized carbons (Fsp3) is 0.917. The van der Waals surface area contributed by atoms with Crippen LogP contribution >= 0.6 is 0 Å². The second-order valence-electron chi connectivity index (χ2n) is 5.56. The number of amides is 1. The summed E-state index contributed by atoms with van der Waals surface area (Å²) in [5.41, 5.74) is 0. The van der Waals surface area contributed by atoms with Gasteiger partial charge in [0, 0.05) is 25.7 Å². The third-order valence-electron chi connectivity index (χ3n) is 3.76. The molecule has 0 bridgehead atoms. The molecule has 0 radical (unpaired) electrons. The molecular formula is C12H23N3O3S. The van der Waals surface area contributed by atoms with Gasteiger partial charge in [-0.1, -0.05) is 0 Å². The molecule has 2 atom stereocenters. The third kappa shape index (κ3) is 4.43. The summed E-state index contributed by atoms with van der Waals surface area (Å²) in [6.07, 6.45) is 4.80. The molecule has 0 aromatic rings. The number of nitrogens with one attached hydrogen (secondary N) is 2. The minimum Gasteiger partial charge on any atom is -0.341 e. The quantitative estimate of drug-likeness (QED) is 0.736. The highest BCUT2D eigenvalue weighted by Gasteiger charge is 2.30. The Hall–Kier alpha value is -0.660. The van der Waals surface area contributed by atoms with Crippen molar-refractivity contribution in [3.05, 3.63) is 0 Å². The highest BCUT2D eigenvalue weighted by atomic mass is 32.2. The molecule has 2 aliphatic heterocycles. The molecule has 0 aromatic carbocycles. The van der Waals surface area contributed by atoms with Crippen LogP contribution in [0.15, 0.2) is 0 Å². The van der Waals surface area contributed by atoms with E-state index < -0.39 is 10.0 Å². The standard InChI is InChI=1S/C12H23N3O3S/c1-19(17,18)14-11-5-3-7-15(9-11)12(16)10-4-2-6-13-8-10/h10-11,13-14H,2-9H2,1H3. The summed E-state index contributed by atoms with van der Waals surface area (Å²) in [4.78, 5) is 14.2. The van der Waals surface area contributed by atoms with Crippen molar-refractivity contribution in [1.29, 1.82) is 0 Å². The van der Waals surface area contributed by atoms with E-state index >= 15 is 0 Å². The second kappa shape index (κ2) is 6.19. The van der Waals surface area contributed by atoms with Crippen LogP contribution < -0.4 is 10.0 Å². The van der Waals surface area contributed by atoms with Crippen LogP contribution in [-0.2, 0) is 14.8 Å². The van der Waals surface area contributed by atoms with Crippen molar-refractivity contribution in [2.45, 2.75) is 31.7 Å². The largest absolute Gasteiger partial charge is 0.341 e. The Morgan fingerprint density at radius 3 is 2.74 bits per heavy atom. The first-order chi connectivity index (χ1) is 8.96. The molecule has 110 valence electrons. The molecule has 2 aliphatic rings. The smallest absolute Gasteiger partial charge is 0.227 e. The van der Waals surface area contributed by atoms with Gasteiger partial charge in [-0.05, 0) is 32.2 Å². The SMILES string of the molecule is CS(=O)(=O)NC1CCCN(C(=O)C2CCCNC2)C1. The molecule has 2 rings (SSSR count). The van der Waals surface area contributed by atoms with E-state index in [0.717, 1.165) is 45.3 Å². The number of hydrogen-bond acceptors (Lipinski definition) is 4. The van der Waals surface area contributed by atoms with Crippen LogP contribution in [0.25, 0.3) is 0 Å². The number of piperidine rings is 2. The van der Waals surface area contributed by atoms with Gasteiger partial charge < -0.3 is 10.2 Å². The monoisotopic (exact) mass is 289 g/mol. The zero-order valence-electron chi connectivity index (χ0n) is 11.4. The van der Waals surface area contributed by atoms with E-state index in [1.807, 2.05) is 4.90 Å². The highest BCUT2D eigenvalue weighted by molar-refractivity contribution is 7.88. The summed E-state index contributed by atoms with van der Waals surface area (Å²) >= 11 is 0. The maximum absolute atomic E-state index is 12.4. The van der Waals surface area contributed by atoms with Crippen molar-refractivity contribution in [1.82, 2.24) is 14.9 Å². The van der Waals surface area contributed by atoms with Crippen molar-refractivity contribution >= 4 is 15.9 Å². The molecule has 19 heavy (non-hydrogen) atoms. The van der Waals surface area contributed by atoms with Gasteiger partial charge >= 0.3 is 0 Å². The molecule has 2 heterocycles. The Kier molecular flexibility index (Phi) is 4.81. The van der Waals surface area contributed by atoms with Crippen LogP contribution in [0.4, 0.5) is 0 Å². The number of carbonyl (C=O) groups is 1.